The molecule has 0 saturated heterocycles. The van der Waals surface area contributed by atoms with Crippen LogP contribution in [-0.2, 0) is 4.79 Å². The lowest BCUT2D eigenvalue weighted by molar-refractivity contribution is -0.118. The lowest BCUT2D eigenvalue weighted by atomic mass is 10.2. The van der Waals surface area contributed by atoms with Gasteiger partial charge >= 0.3 is 0 Å². The van der Waals surface area contributed by atoms with E-state index in [2.05, 4.69) is 15.4 Å². The number of methoxy groups -OCH3 is 1. The van der Waals surface area contributed by atoms with E-state index in [0.29, 0.717) is 17.3 Å². The van der Waals surface area contributed by atoms with Gasteiger partial charge in [0.1, 0.15) is 11.7 Å². The third kappa shape index (κ3) is 1.68. The lowest BCUT2D eigenvalue weighted by Gasteiger charge is -2.10. The van der Waals surface area contributed by atoms with Crippen LogP contribution < -0.4 is 10.1 Å². The Morgan fingerprint density at radius 3 is 3.00 bits per heavy atom. The van der Waals surface area contributed by atoms with Crippen molar-refractivity contribution in [3.8, 4) is 17.3 Å². The minimum Gasteiger partial charge on any atom is -0.481 e. The molecule has 1 unspecified atom stereocenters. The number of anilines is 1. The van der Waals surface area contributed by atoms with E-state index in [1.54, 1.807) is 18.0 Å². The van der Waals surface area contributed by atoms with Crippen LogP contribution in [0.3, 0.4) is 0 Å². The highest BCUT2D eigenvalue weighted by molar-refractivity contribution is 5.98. The fraction of sp³-hybridized carbons (Fsp3) is 0.308. The first-order chi connectivity index (χ1) is 9.11. The third-order valence-corrected chi connectivity index (χ3v) is 3.28. The van der Waals surface area contributed by atoms with Crippen LogP contribution >= 0.6 is 0 Å². The average molecular weight is 258 g/mol. The number of nitrogens with one attached hydrogen (secondary N) is 1. The molecule has 0 aliphatic carbocycles. The molecular formula is C13H14N4O2. The van der Waals surface area contributed by atoms with Gasteiger partial charge in [-0.05, 0) is 26.0 Å². The van der Waals surface area contributed by atoms with Gasteiger partial charge in [-0.2, -0.15) is 5.10 Å². The molecule has 0 radical (unpaired) electrons. The van der Waals surface area contributed by atoms with E-state index in [4.69, 9.17) is 4.74 Å². The fourth-order valence-electron chi connectivity index (χ4n) is 2.25. The Morgan fingerprint density at radius 2 is 2.26 bits per heavy atom. The van der Waals surface area contributed by atoms with E-state index in [9.17, 15) is 4.79 Å². The van der Waals surface area contributed by atoms with Crippen LogP contribution in [0.25, 0.3) is 11.4 Å². The molecule has 0 aromatic carbocycles. The number of carbonyl (C=O) groups is 1. The predicted octanol–water partition coefficient (Wildman–Crippen LogP) is 1.78. The zero-order valence-corrected chi connectivity index (χ0v) is 11.0. The van der Waals surface area contributed by atoms with Gasteiger partial charge in [-0.1, -0.05) is 0 Å². The number of nitrogens with zero attached hydrogens (tertiary/aromatic N) is 3. The Morgan fingerprint density at radius 1 is 1.47 bits per heavy atom. The summed E-state index contributed by atoms with van der Waals surface area (Å²) in [6.45, 7) is 3.70. The Bertz CT molecular complexity index is 663. The van der Waals surface area contributed by atoms with Crippen LogP contribution in [0.2, 0.25) is 0 Å². The second kappa shape index (κ2) is 4.08. The maximum Gasteiger partial charge on any atom is 0.249 e. The summed E-state index contributed by atoms with van der Waals surface area (Å²) in [6, 6.07) is 3.34. The highest BCUT2D eigenvalue weighted by Gasteiger charge is 2.27. The van der Waals surface area contributed by atoms with Crippen LogP contribution in [0.15, 0.2) is 18.3 Å². The van der Waals surface area contributed by atoms with Gasteiger partial charge in [0.2, 0.25) is 11.8 Å². The molecule has 3 heterocycles. The molecule has 6 nitrogen and oxygen atoms in total. The number of aryl methyl sites for hydroxylation is 1. The summed E-state index contributed by atoms with van der Waals surface area (Å²) in [4.78, 5) is 16.5. The van der Waals surface area contributed by atoms with Crippen molar-refractivity contribution in [2.45, 2.75) is 19.9 Å². The predicted molar refractivity (Wildman–Crippen MR) is 70.1 cm³/mol. The third-order valence-electron chi connectivity index (χ3n) is 3.28. The van der Waals surface area contributed by atoms with Gasteiger partial charge in [-0.25, -0.2) is 4.98 Å². The summed E-state index contributed by atoms with van der Waals surface area (Å²) in [7, 11) is 1.58. The summed E-state index contributed by atoms with van der Waals surface area (Å²) in [5, 5.41) is 7.08. The van der Waals surface area contributed by atoms with Crippen molar-refractivity contribution in [3.63, 3.8) is 0 Å². The molecule has 19 heavy (non-hydrogen) atoms. The largest absolute Gasteiger partial charge is 0.481 e. The van der Waals surface area contributed by atoms with Crippen molar-refractivity contribution in [2.24, 2.45) is 0 Å². The zero-order chi connectivity index (χ0) is 13.6. The maximum atomic E-state index is 12.1. The standard InChI is InChI=1S/C13H14N4O2/c1-7-6-9-11(16-13(7)19-3)10-4-5-14-17(10)8(2)12(18)15-9/h4-6,8H,1-3H3,(H,15,18). The maximum absolute atomic E-state index is 12.1. The van der Waals surface area contributed by atoms with Crippen molar-refractivity contribution in [1.29, 1.82) is 0 Å². The molecule has 1 N–H and O–H groups in total. The van der Waals surface area contributed by atoms with E-state index < -0.39 is 0 Å². The van der Waals surface area contributed by atoms with Gasteiger partial charge in [0, 0.05) is 11.8 Å². The van der Waals surface area contributed by atoms with Crippen molar-refractivity contribution in [2.75, 3.05) is 12.4 Å². The summed E-state index contributed by atoms with van der Waals surface area (Å²) in [6.07, 6.45) is 1.67. The van der Waals surface area contributed by atoms with Crippen molar-refractivity contribution in [3.05, 3.63) is 23.9 Å². The Hall–Kier alpha value is -2.37. The quantitative estimate of drug-likeness (QED) is 0.846. The smallest absolute Gasteiger partial charge is 0.249 e. The van der Waals surface area contributed by atoms with E-state index in [-0.39, 0.29) is 11.9 Å². The SMILES string of the molecule is COc1nc2c(cc1C)NC(=O)C(C)n1nccc1-2. The second-order valence-electron chi connectivity index (χ2n) is 4.54. The highest BCUT2D eigenvalue weighted by Crippen LogP contribution is 2.34. The van der Waals surface area contributed by atoms with E-state index in [1.807, 2.05) is 26.0 Å². The number of pyridine rings is 1. The monoisotopic (exact) mass is 258 g/mol. The van der Waals surface area contributed by atoms with Crippen molar-refractivity contribution in [1.82, 2.24) is 14.8 Å². The van der Waals surface area contributed by atoms with Crippen molar-refractivity contribution < 1.29 is 9.53 Å². The number of fused-ring (bicyclic) bond motifs is 3. The zero-order valence-electron chi connectivity index (χ0n) is 11.0. The Labute approximate surface area is 110 Å². The summed E-state index contributed by atoms with van der Waals surface area (Å²) in [5.74, 6) is 0.449. The number of carbonyl (C=O) groups excluding carboxylic acids is 1. The molecule has 2 aromatic heterocycles. The van der Waals surface area contributed by atoms with Gasteiger partial charge in [0.25, 0.3) is 0 Å². The molecule has 1 atom stereocenters. The summed E-state index contributed by atoms with van der Waals surface area (Å²) < 4.78 is 6.91. The topological polar surface area (TPSA) is 69.0 Å². The van der Waals surface area contributed by atoms with E-state index in [0.717, 1.165) is 11.3 Å². The molecule has 3 rings (SSSR count). The summed E-state index contributed by atoms with van der Waals surface area (Å²) in [5.41, 5.74) is 3.05. The first-order valence-corrected chi connectivity index (χ1v) is 6.02. The highest BCUT2D eigenvalue weighted by atomic mass is 16.5. The first-order valence-electron chi connectivity index (χ1n) is 6.02. The molecule has 1 amide bonds. The second-order valence-corrected chi connectivity index (χ2v) is 4.54. The fourth-order valence-corrected chi connectivity index (χ4v) is 2.25. The van der Waals surface area contributed by atoms with Crippen LogP contribution in [0.1, 0.15) is 18.5 Å². The molecule has 1 aliphatic rings. The molecule has 0 bridgehead atoms. The van der Waals surface area contributed by atoms with Gasteiger partial charge < -0.3 is 10.1 Å². The van der Waals surface area contributed by atoms with E-state index in [1.165, 1.54) is 0 Å². The number of aromatic nitrogens is 3. The number of ether oxygens (including phenoxy) is 1. The Kier molecular flexibility index (Phi) is 2.51. The molecule has 0 fully saturated rings. The molecular weight excluding hydrogens is 244 g/mol. The molecule has 0 saturated carbocycles. The van der Waals surface area contributed by atoms with Crippen LogP contribution in [-0.4, -0.2) is 27.8 Å². The molecule has 6 heteroatoms. The normalized spacial score (nSPS) is 17.2. The molecule has 2 aromatic rings. The number of rotatable bonds is 1. The lowest BCUT2D eigenvalue weighted by Crippen LogP contribution is -2.22. The molecule has 1 aliphatic heterocycles. The number of hydrogen-bond acceptors (Lipinski definition) is 4. The minimum absolute atomic E-state index is 0.102. The number of hydrogen-bond donors (Lipinski definition) is 1. The van der Waals surface area contributed by atoms with Gasteiger partial charge in [-0.15, -0.1) is 0 Å². The van der Waals surface area contributed by atoms with Gasteiger partial charge in [-0.3, -0.25) is 9.48 Å². The van der Waals surface area contributed by atoms with E-state index >= 15 is 0 Å². The van der Waals surface area contributed by atoms with Crippen LogP contribution in [0.4, 0.5) is 5.69 Å². The first kappa shape index (κ1) is 11.7. The number of amides is 1. The average Bonchev–Trinajstić information content (AvgIpc) is 2.83. The Balaban J connectivity index is 2.29. The molecule has 98 valence electrons. The summed E-state index contributed by atoms with van der Waals surface area (Å²) >= 11 is 0. The van der Waals surface area contributed by atoms with Crippen LogP contribution in [0, 0.1) is 6.92 Å². The van der Waals surface area contributed by atoms with Crippen LogP contribution in [0.5, 0.6) is 5.88 Å². The molecule has 0 spiro atoms. The van der Waals surface area contributed by atoms with Gasteiger partial charge in [0.05, 0.1) is 18.5 Å². The van der Waals surface area contributed by atoms with Crippen molar-refractivity contribution >= 4 is 11.6 Å². The van der Waals surface area contributed by atoms with Gasteiger partial charge in [0.15, 0.2) is 0 Å². The minimum atomic E-state index is -0.370.